The number of furan rings is 2. The Bertz CT molecular complexity index is 4520. The predicted octanol–water partition coefficient (Wildman–Crippen LogP) is 19.3. The quantitative estimate of drug-likeness (QED) is 0.149. The van der Waals surface area contributed by atoms with Gasteiger partial charge < -0.3 is 18.1 Å². The molecule has 0 radical (unpaired) electrons. The Balaban J connectivity index is 0.831. The number of rotatable bonds is 7. The first-order valence-electron chi connectivity index (χ1n) is 24.6. The molecule has 4 nitrogen and oxygen atoms in total. The fourth-order valence-electron chi connectivity index (χ4n) is 11.5. The van der Waals surface area contributed by atoms with Crippen LogP contribution in [0, 0.1) is 0 Å². The zero-order chi connectivity index (χ0) is 47.3. The van der Waals surface area contributed by atoms with Gasteiger partial charge in [0.15, 0.2) is 0 Å². The molecule has 15 rings (SSSR count). The molecule has 0 aliphatic rings. The molecule has 0 bridgehead atoms. The molecule has 0 saturated heterocycles. The van der Waals surface area contributed by atoms with Gasteiger partial charge in [0, 0.05) is 78.0 Å². The van der Waals surface area contributed by atoms with E-state index in [2.05, 4.69) is 240 Å². The van der Waals surface area contributed by atoms with Crippen molar-refractivity contribution in [1.29, 1.82) is 0 Å². The molecule has 72 heavy (non-hydrogen) atoms. The van der Waals surface area contributed by atoms with Crippen LogP contribution in [0.3, 0.4) is 0 Å². The molecule has 0 unspecified atom stereocenters. The fourth-order valence-corrected chi connectivity index (χ4v) is 11.5. The number of para-hydroxylation sites is 4. The fraction of sp³-hybridized carbons (Fsp3) is 0. The third-order valence-electron chi connectivity index (χ3n) is 14.7. The molecule has 0 aliphatic heterocycles. The number of anilines is 3. The summed E-state index contributed by atoms with van der Waals surface area (Å²) in [6.07, 6.45) is 0. The zero-order valence-corrected chi connectivity index (χ0v) is 39.0. The molecule has 336 valence electrons. The molecule has 4 aromatic heterocycles. The van der Waals surface area contributed by atoms with Gasteiger partial charge in [0.1, 0.15) is 22.3 Å². The van der Waals surface area contributed by atoms with Gasteiger partial charge in [-0.2, -0.15) is 0 Å². The van der Waals surface area contributed by atoms with Crippen molar-refractivity contribution in [3.63, 3.8) is 0 Å². The molecule has 0 N–H and O–H groups in total. The maximum Gasteiger partial charge on any atom is 0.137 e. The number of pyridine rings is 1. The number of hydrogen-bond donors (Lipinski definition) is 0. The summed E-state index contributed by atoms with van der Waals surface area (Å²) in [4.78, 5) is 2.30. The number of benzene rings is 11. The second-order valence-corrected chi connectivity index (χ2v) is 18.8. The molecule has 0 atom stereocenters. The first kappa shape index (κ1) is 40.3. The first-order valence-corrected chi connectivity index (χ1v) is 24.6. The van der Waals surface area contributed by atoms with E-state index in [0.717, 1.165) is 83.2 Å². The Hall–Kier alpha value is -9.64. The Kier molecular flexibility index (Phi) is 8.92. The van der Waals surface area contributed by atoms with Crippen LogP contribution in [0.5, 0.6) is 0 Å². The predicted molar refractivity (Wildman–Crippen MR) is 301 cm³/mol. The first-order chi connectivity index (χ1) is 35.7. The summed E-state index contributed by atoms with van der Waals surface area (Å²) >= 11 is 0. The van der Waals surface area contributed by atoms with Crippen LogP contribution in [-0.2, 0) is 0 Å². The van der Waals surface area contributed by atoms with Crippen molar-refractivity contribution in [3.05, 3.63) is 255 Å². The average Bonchev–Trinajstić information content (AvgIpc) is 4.13. The van der Waals surface area contributed by atoms with E-state index in [1.54, 1.807) is 0 Å². The Morgan fingerprint density at radius 3 is 1.44 bits per heavy atom. The van der Waals surface area contributed by atoms with E-state index in [9.17, 15) is 0 Å². The number of nitrogens with zero attached hydrogens (tertiary/aromatic N) is 2. The van der Waals surface area contributed by atoms with Gasteiger partial charge in [-0.25, -0.2) is 0 Å². The highest BCUT2D eigenvalue weighted by atomic mass is 16.3. The number of hydrogen-bond acceptors (Lipinski definition) is 3. The SMILES string of the molecule is c1ccc(-c2c3cccc(-c4ccc(-c5cccc(-c6cccc(N(c7ccc8c(c7)oc7ccccc78)c7ccc8c(c7)oc7ccccc78)c6)c5)cc4)c3n3c4ccccc4c4ccccc4c23)cc1. The van der Waals surface area contributed by atoms with Crippen LogP contribution in [0.1, 0.15) is 0 Å². The van der Waals surface area contributed by atoms with Crippen molar-refractivity contribution in [2.24, 2.45) is 0 Å². The van der Waals surface area contributed by atoms with Gasteiger partial charge in [-0.15, -0.1) is 0 Å². The lowest BCUT2D eigenvalue weighted by Gasteiger charge is -2.26. The molecule has 4 heterocycles. The summed E-state index contributed by atoms with van der Waals surface area (Å²) in [5.74, 6) is 0. The van der Waals surface area contributed by atoms with Gasteiger partial charge in [-0.05, 0) is 99.4 Å². The molecule has 0 spiro atoms. The van der Waals surface area contributed by atoms with E-state index >= 15 is 0 Å². The van der Waals surface area contributed by atoms with Crippen molar-refractivity contribution in [2.45, 2.75) is 0 Å². The zero-order valence-electron chi connectivity index (χ0n) is 39.0. The van der Waals surface area contributed by atoms with E-state index < -0.39 is 0 Å². The summed E-state index contributed by atoms with van der Waals surface area (Å²) in [6.45, 7) is 0. The Labute approximate surface area is 414 Å². The van der Waals surface area contributed by atoms with Crippen LogP contribution in [0.4, 0.5) is 17.1 Å². The van der Waals surface area contributed by atoms with E-state index in [0.29, 0.717) is 0 Å². The molecule has 0 saturated carbocycles. The van der Waals surface area contributed by atoms with Crippen molar-refractivity contribution >= 4 is 99.0 Å². The van der Waals surface area contributed by atoms with Crippen molar-refractivity contribution in [3.8, 4) is 44.5 Å². The monoisotopic (exact) mass is 918 g/mol. The van der Waals surface area contributed by atoms with Crippen LogP contribution in [0.25, 0.3) is 126 Å². The minimum Gasteiger partial charge on any atom is -0.456 e. The summed E-state index contributed by atoms with van der Waals surface area (Å²) in [5.41, 5.74) is 19.5. The summed E-state index contributed by atoms with van der Waals surface area (Å²) in [7, 11) is 0. The van der Waals surface area contributed by atoms with Crippen molar-refractivity contribution in [1.82, 2.24) is 4.40 Å². The lowest BCUT2D eigenvalue weighted by molar-refractivity contribution is 0.669. The Morgan fingerprint density at radius 2 is 0.750 bits per heavy atom. The average molecular weight is 919 g/mol. The molecule has 0 aliphatic carbocycles. The molecule has 4 heteroatoms. The largest absolute Gasteiger partial charge is 0.456 e. The van der Waals surface area contributed by atoms with Gasteiger partial charge in [0.05, 0.1) is 16.6 Å². The van der Waals surface area contributed by atoms with Gasteiger partial charge in [0.25, 0.3) is 0 Å². The topological polar surface area (TPSA) is 33.9 Å². The highest BCUT2D eigenvalue weighted by Gasteiger charge is 2.23. The lowest BCUT2D eigenvalue weighted by Crippen LogP contribution is -2.09. The lowest BCUT2D eigenvalue weighted by atomic mass is 9.95. The molecule has 0 amide bonds. The minimum atomic E-state index is 0.844. The minimum absolute atomic E-state index is 0.844. The summed E-state index contributed by atoms with van der Waals surface area (Å²) < 4.78 is 15.4. The molecule has 11 aromatic carbocycles. The van der Waals surface area contributed by atoms with Crippen molar-refractivity contribution in [2.75, 3.05) is 4.90 Å². The van der Waals surface area contributed by atoms with E-state index in [1.165, 1.54) is 60.3 Å². The maximum absolute atomic E-state index is 6.44. The third-order valence-corrected chi connectivity index (χ3v) is 14.7. The van der Waals surface area contributed by atoms with E-state index in [4.69, 9.17) is 8.83 Å². The standard InChI is InChI=1S/C68H42N2O2/c1-2-15-45(16-3-1)66-60-27-14-26-52(67(60)70-61-28-9-6-22-54(61)53-21-4-5-25-59(53)68(66)70)44-33-31-43(32-34-44)46-17-12-18-47(39-46)48-19-13-20-49(40-48)69(50-35-37-57-55-23-7-10-29-62(55)71-64(57)41-50)51-36-38-58-56-24-8-11-30-63(56)72-65(58)42-51/h1-42H. The number of fused-ring (bicyclic) bond motifs is 14. The summed E-state index contributed by atoms with van der Waals surface area (Å²) in [5, 5.41) is 9.40. The van der Waals surface area contributed by atoms with E-state index in [1.807, 2.05) is 24.3 Å². The second-order valence-electron chi connectivity index (χ2n) is 18.8. The van der Waals surface area contributed by atoms with Crippen molar-refractivity contribution < 1.29 is 8.83 Å². The Morgan fingerprint density at radius 1 is 0.264 bits per heavy atom. The van der Waals surface area contributed by atoms with Crippen LogP contribution in [0.15, 0.2) is 264 Å². The summed E-state index contributed by atoms with van der Waals surface area (Å²) in [6, 6.07) is 91.7. The normalized spacial score (nSPS) is 11.9. The number of aromatic nitrogens is 1. The van der Waals surface area contributed by atoms with Gasteiger partial charge >= 0.3 is 0 Å². The molecular formula is C68H42N2O2. The smallest absolute Gasteiger partial charge is 0.137 e. The van der Waals surface area contributed by atoms with Crippen LogP contribution >= 0.6 is 0 Å². The van der Waals surface area contributed by atoms with Crippen LogP contribution < -0.4 is 4.90 Å². The highest BCUT2D eigenvalue weighted by Crippen LogP contribution is 2.46. The molecule has 0 fully saturated rings. The van der Waals surface area contributed by atoms with Gasteiger partial charge in [-0.1, -0.05) is 182 Å². The third kappa shape index (κ3) is 6.26. The second kappa shape index (κ2) is 16.0. The van der Waals surface area contributed by atoms with E-state index in [-0.39, 0.29) is 0 Å². The highest BCUT2D eigenvalue weighted by molar-refractivity contribution is 6.23. The maximum atomic E-state index is 6.44. The molecule has 15 aromatic rings. The van der Waals surface area contributed by atoms with Gasteiger partial charge in [-0.3, -0.25) is 0 Å². The molecular weight excluding hydrogens is 877 g/mol. The van der Waals surface area contributed by atoms with Gasteiger partial charge in [0.2, 0.25) is 0 Å². The van der Waals surface area contributed by atoms with Crippen LogP contribution in [-0.4, -0.2) is 4.40 Å². The van der Waals surface area contributed by atoms with Crippen LogP contribution in [0.2, 0.25) is 0 Å².